The fraction of sp³-hybridized carbons (Fsp3) is 0.0625. The molecule has 0 bridgehead atoms. The molecule has 0 radical (unpaired) electrons. The number of aromatic hydroxyl groups is 2. The Morgan fingerprint density at radius 1 is 1.08 bits per heavy atom. The topological polar surface area (TPSA) is 122 Å². The number of rotatable bonds is 6. The number of phenols is 2. The van der Waals surface area contributed by atoms with Gasteiger partial charge >= 0.3 is 0 Å². The average Bonchev–Trinajstić information content (AvgIpc) is 2.51. The average molecular weight is 332 g/mol. The van der Waals surface area contributed by atoms with Crippen molar-refractivity contribution in [3.63, 3.8) is 0 Å². The van der Waals surface area contributed by atoms with Gasteiger partial charge in [0.2, 0.25) is 5.91 Å². The Labute approximate surface area is 137 Å². The van der Waals surface area contributed by atoms with E-state index in [1.807, 2.05) is 0 Å². The third kappa shape index (κ3) is 5.71. The van der Waals surface area contributed by atoms with Crippen LogP contribution in [0.5, 0.6) is 11.5 Å². The van der Waals surface area contributed by atoms with Gasteiger partial charge in [0.25, 0.3) is 0 Å². The number of benzene rings is 2. The number of nitrogens with one attached hydrogen (secondary N) is 1. The monoisotopic (exact) mass is 332 g/mol. The summed E-state index contributed by atoms with van der Waals surface area (Å²) in [6.45, 7) is -0.0396. The fourth-order valence-electron chi connectivity index (χ4n) is 1.89. The Balaban J connectivity index is 1.93. The summed E-state index contributed by atoms with van der Waals surface area (Å²) in [6.07, 6.45) is 2.72. The number of nitrogens with zero attached hydrogens (tertiary/aromatic N) is 1. The summed E-state index contributed by atoms with van der Waals surface area (Å²) in [5, 5.41) is 37.9. The Morgan fingerprint density at radius 3 is 2.29 bits per heavy atom. The molecule has 0 saturated carbocycles. The van der Waals surface area contributed by atoms with Crippen molar-refractivity contribution in [3.05, 3.63) is 59.7 Å². The molecule has 126 valence electrons. The zero-order valence-electron chi connectivity index (χ0n) is 12.5. The van der Waals surface area contributed by atoms with Gasteiger partial charge in [-0.1, -0.05) is 12.1 Å². The van der Waals surface area contributed by atoms with Crippen LogP contribution in [0.1, 0.15) is 11.1 Å². The third-order valence-electron chi connectivity index (χ3n) is 2.92. The molecule has 0 saturated heterocycles. The van der Waals surface area contributed by atoms with E-state index in [0.29, 0.717) is 16.8 Å². The Kier molecular flexibility index (Phi) is 5.88. The second kappa shape index (κ2) is 8.09. The lowest BCUT2D eigenvalue weighted by Gasteiger charge is -2.07. The molecule has 0 fully saturated rings. The van der Waals surface area contributed by atoms with Crippen LogP contribution in [0.3, 0.4) is 0 Å². The van der Waals surface area contributed by atoms with Crippen molar-refractivity contribution in [2.24, 2.45) is 0 Å². The summed E-state index contributed by atoms with van der Waals surface area (Å²) >= 11 is 0. The minimum atomic E-state index is -0.390. The molecule has 0 aromatic heterocycles. The molecular formula is C16H16N2O6. The highest BCUT2D eigenvalue weighted by molar-refractivity contribution is 6.01. The molecular weight excluding hydrogens is 316 g/mol. The van der Waals surface area contributed by atoms with Gasteiger partial charge in [0, 0.05) is 17.8 Å². The number of hydrogen-bond acceptors (Lipinski definition) is 7. The highest BCUT2D eigenvalue weighted by atomic mass is 17.1. The first-order chi connectivity index (χ1) is 11.4. The zero-order chi connectivity index (χ0) is 17.5. The molecule has 2 aromatic carbocycles. The van der Waals surface area contributed by atoms with Crippen LogP contribution in [0, 0.1) is 0 Å². The zero-order valence-corrected chi connectivity index (χ0v) is 12.5. The largest absolute Gasteiger partial charge is 0.508 e. The van der Waals surface area contributed by atoms with E-state index < -0.39 is 5.91 Å². The van der Waals surface area contributed by atoms with Crippen molar-refractivity contribution < 1.29 is 30.3 Å². The van der Waals surface area contributed by atoms with Crippen molar-refractivity contribution in [2.75, 3.05) is 5.32 Å². The highest BCUT2D eigenvalue weighted by Gasteiger charge is 2.01. The van der Waals surface area contributed by atoms with Gasteiger partial charge in [0.15, 0.2) is 0 Å². The minimum absolute atomic E-state index is 0.0396. The number of amides is 1. The molecule has 2 aromatic rings. The van der Waals surface area contributed by atoms with E-state index in [9.17, 15) is 15.0 Å². The standard InChI is InChI=1S/C16H16N2O6/c19-14-7-12(8-15(20)9-14)3-6-16(21)17-13-4-1-11(2-5-13)10-24-18(22)23/h1-9,19-20,22-23H,10H2,(H,17,21)/b6-3+. The van der Waals surface area contributed by atoms with E-state index in [2.05, 4.69) is 10.2 Å². The Morgan fingerprint density at radius 2 is 1.71 bits per heavy atom. The van der Waals surface area contributed by atoms with Gasteiger partial charge in [0.1, 0.15) is 11.5 Å². The quantitative estimate of drug-likeness (QED) is 0.406. The van der Waals surface area contributed by atoms with E-state index in [4.69, 9.17) is 10.4 Å². The fourth-order valence-corrected chi connectivity index (χ4v) is 1.89. The van der Waals surface area contributed by atoms with Crippen LogP contribution in [0.15, 0.2) is 48.5 Å². The van der Waals surface area contributed by atoms with Crippen molar-refractivity contribution in [1.29, 1.82) is 0 Å². The van der Waals surface area contributed by atoms with Crippen LogP contribution in [0.2, 0.25) is 0 Å². The second-order valence-electron chi connectivity index (χ2n) is 4.83. The van der Waals surface area contributed by atoms with Crippen LogP contribution in [-0.2, 0) is 16.2 Å². The van der Waals surface area contributed by atoms with Gasteiger partial charge in [-0.05, 0) is 41.5 Å². The van der Waals surface area contributed by atoms with Crippen LogP contribution in [-0.4, -0.2) is 31.9 Å². The van der Waals surface area contributed by atoms with Crippen molar-refractivity contribution in [1.82, 2.24) is 5.39 Å². The molecule has 0 aliphatic carbocycles. The first kappa shape index (κ1) is 17.4. The number of anilines is 1. The predicted molar refractivity (Wildman–Crippen MR) is 84.1 cm³/mol. The van der Waals surface area contributed by atoms with Gasteiger partial charge < -0.3 is 15.5 Å². The van der Waals surface area contributed by atoms with Crippen molar-refractivity contribution in [3.8, 4) is 11.5 Å². The molecule has 1 amide bonds. The maximum Gasteiger partial charge on any atom is 0.248 e. The Bertz CT molecular complexity index is 708. The number of carbonyl (C=O) groups is 1. The van der Waals surface area contributed by atoms with E-state index in [-0.39, 0.29) is 23.5 Å². The lowest BCUT2D eigenvalue weighted by atomic mass is 10.2. The van der Waals surface area contributed by atoms with E-state index in [0.717, 1.165) is 0 Å². The molecule has 24 heavy (non-hydrogen) atoms. The molecule has 0 heterocycles. The molecule has 0 aliphatic rings. The van der Waals surface area contributed by atoms with Gasteiger partial charge in [-0.2, -0.15) is 0 Å². The summed E-state index contributed by atoms with van der Waals surface area (Å²) < 4.78 is 0. The molecule has 0 unspecified atom stereocenters. The summed E-state index contributed by atoms with van der Waals surface area (Å²) in [6, 6.07) is 10.6. The van der Waals surface area contributed by atoms with Crippen LogP contribution in [0.4, 0.5) is 5.69 Å². The maximum absolute atomic E-state index is 11.8. The normalized spacial score (nSPS) is 11.1. The minimum Gasteiger partial charge on any atom is -0.508 e. The summed E-state index contributed by atoms with van der Waals surface area (Å²) in [4.78, 5) is 16.3. The molecule has 0 aliphatic heterocycles. The number of hydrogen-bond donors (Lipinski definition) is 5. The highest BCUT2D eigenvalue weighted by Crippen LogP contribution is 2.21. The van der Waals surface area contributed by atoms with Gasteiger partial charge in [-0.15, -0.1) is 0 Å². The van der Waals surface area contributed by atoms with E-state index in [1.54, 1.807) is 24.3 Å². The molecule has 8 nitrogen and oxygen atoms in total. The molecule has 5 N–H and O–H groups in total. The molecule has 2 rings (SSSR count). The molecule has 8 heteroatoms. The molecule has 0 spiro atoms. The SMILES string of the molecule is O=C(/C=C/c1cc(O)cc(O)c1)Nc1ccc(CON(O)O)cc1. The van der Waals surface area contributed by atoms with Gasteiger partial charge in [0.05, 0.1) is 12.0 Å². The smallest absolute Gasteiger partial charge is 0.248 e. The first-order valence-corrected chi connectivity index (χ1v) is 6.84. The van der Waals surface area contributed by atoms with Crippen LogP contribution < -0.4 is 5.32 Å². The lowest BCUT2D eigenvalue weighted by Crippen LogP contribution is -2.13. The van der Waals surface area contributed by atoms with E-state index >= 15 is 0 Å². The van der Waals surface area contributed by atoms with E-state index in [1.165, 1.54) is 30.4 Å². The number of phenolic OH excluding ortho intramolecular Hbond substituents is 2. The van der Waals surface area contributed by atoms with Gasteiger partial charge in [-0.3, -0.25) is 15.2 Å². The number of carbonyl (C=O) groups excluding carboxylic acids is 1. The van der Waals surface area contributed by atoms with Crippen LogP contribution in [0.25, 0.3) is 6.08 Å². The lowest BCUT2D eigenvalue weighted by molar-refractivity contribution is -0.497. The van der Waals surface area contributed by atoms with Crippen LogP contribution >= 0.6 is 0 Å². The van der Waals surface area contributed by atoms with Crippen molar-refractivity contribution >= 4 is 17.7 Å². The third-order valence-corrected chi connectivity index (χ3v) is 2.92. The van der Waals surface area contributed by atoms with Gasteiger partial charge in [-0.25, -0.2) is 4.84 Å². The Hall–Kier alpha value is -2.91. The maximum atomic E-state index is 11.8. The summed E-state index contributed by atoms with van der Waals surface area (Å²) in [5.74, 6) is -0.590. The molecule has 0 atom stereocenters. The second-order valence-corrected chi connectivity index (χ2v) is 4.83. The summed E-state index contributed by atoms with van der Waals surface area (Å²) in [7, 11) is 0. The van der Waals surface area contributed by atoms with Crippen molar-refractivity contribution in [2.45, 2.75) is 6.61 Å². The summed E-state index contributed by atoms with van der Waals surface area (Å²) in [5.41, 5.74) is 1.69. The first-order valence-electron chi connectivity index (χ1n) is 6.84. The predicted octanol–water partition coefficient (Wildman–Crippen LogP) is 2.26.